The highest BCUT2D eigenvalue weighted by Gasteiger charge is 2.34. The predicted molar refractivity (Wildman–Crippen MR) is 498 cm³/mol. The Morgan fingerprint density at radius 3 is 1.14 bits per heavy atom. The third kappa shape index (κ3) is 27.4. The van der Waals surface area contributed by atoms with Crippen LogP contribution in [0.3, 0.4) is 0 Å². The third-order valence-corrected chi connectivity index (χ3v) is 20.9. The van der Waals surface area contributed by atoms with E-state index >= 15 is 0 Å². The normalized spacial score (nSPS) is 12.0. The Balaban J connectivity index is 0.000000173. The molecule has 0 fully saturated rings. The second-order valence-corrected chi connectivity index (χ2v) is 38.5. The highest BCUT2D eigenvalue weighted by atomic mass is 35.5. The van der Waals surface area contributed by atoms with E-state index in [1.807, 2.05) is 85.9 Å². The summed E-state index contributed by atoms with van der Waals surface area (Å²) in [5, 5.41) is 24.2. The Bertz CT molecular complexity index is 6670. The molecule has 10 heterocycles. The first-order valence-electron chi connectivity index (χ1n) is 42.4. The van der Waals surface area contributed by atoms with Gasteiger partial charge in [-0.2, -0.15) is 0 Å². The highest BCUT2D eigenvalue weighted by Crippen LogP contribution is 2.37. The van der Waals surface area contributed by atoms with Crippen LogP contribution in [0, 0.1) is 91.2 Å². The molecule has 14 rings (SSSR count). The second-order valence-electron chi connectivity index (χ2n) is 37.8. The van der Waals surface area contributed by atoms with Crippen molar-refractivity contribution in [1.29, 1.82) is 0 Å². The first kappa shape index (κ1) is 102. The lowest BCUT2D eigenvalue weighted by atomic mass is 9.81. The van der Waals surface area contributed by atoms with Crippen molar-refractivity contribution in [3.05, 3.63) is 201 Å². The summed E-state index contributed by atoms with van der Waals surface area (Å²) >= 11 is 12.3. The van der Waals surface area contributed by atoms with E-state index in [4.69, 9.17) is 23.2 Å². The molecule has 6 N–H and O–H groups in total. The summed E-state index contributed by atoms with van der Waals surface area (Å²) in [4.78, 5) is 106. The molecule has 0 aliphatic carbocycles. The van der Waals surface area contributed by atoms with E-state index in [0.29, 0.717) is 85.2 Å². The Morgan fingerprint density at radius 1 is 0.361 bits per heavy atom. The number of fused-ring (bicyclic) bond motifs is 5. The van der Waals surface area contributed by atoms with Crippen molar-refractivity contribution >= 4 is 138 Å². The van der Waals surface area contributed by atoms with E-state index in [2.05, 4.69) is 123 Å². The van der Waals surface area contributed by atoms with Crippen LogP contribution >= 0.6 is 23.2 Å². The largest absolute Gasteiger partial charge is 0.573 e. The van der Waals surface area contributed by atoms with E-state index in [1.165, 1.54) is 50.3 Å². The maximum Gasteiger partial charge on any atom is 0.573 e. The number of carbonyl (C=O) groups excluding carboxylic acids is 5. The topological polar surface area (TPSA) is 329 Å². The van der Waals surface area contributed by atoms with Gasteiger partial charge in [0.15, 0.2) is 39.9 Å². The molecule has 0 aliphatic rings. The molecule has 0 bridgehead atoms. The minimum atomic E-state index is -4.79. The summed E-state index contributed by atoms with van der Waals surface area (Å²) in [5.41, 5.74) is 7.37. The van der Waals surface area contributed by atoms with Crippen LogP contribution in [0.15, 0.2) is 127 Å². The molecule has 14 aromatic rings. The number of benzene rings is 4. The van der Waals surface area contributed by atoms with E-state index in [0.717, 1.165) is 90.4 Å². The number of nitrogens with zero attached hydrogens (tertiary/aromatic N) is 15. The quantitative estimate of drug-likeness (QED) is 0.0324. The Hall–Kier alpha value is -13.0. The van der Waals surface area contributed by atoms with Gasteiger partial charge in [0.2, 0.25) is 59.3 Å². The molecule has 5 amide bonds. The van der Waals surface area contributed by atoms with E-state index in [9.17, 15) is 68.6 Å². The minimum absolute atomic E-state index is 0.0127. The lowest BCUT2D eigenvalue weighted by molar-refractivity contribution is -0.274. The fraction of sp³-hybridized carbons (Fsp3) is 0.379. The van der Waals surface area contributed by atoms with Gasteiger partial charge in [-0.15, -0.1) is 13.2 Å². The van der Waals surface area contributed by atoms with Crippen LogP contribution in [0.4, 0.5) is 69.3 Å². The number of hydrogen-bond donors (Lipinski definition) is 6. The van der Waals surface area contributed by atoms with Crippen molar-refractivity contribution in [3.8, 4) is 28.5 Å². The highest BCUT2D eigenvalue weighted by molar-refractivity contribution is 6.31. The number of aryl methyl sites for hydroxylation is 5. The number of anilines is 5. The van der Waals surface area contributed by atoms with Crippen LogP contribution in [0.5, 0.6) is 5.75 Å². The first-order valence-corrected chi connectivity index (χ1v) is 43.1. The van der Waals surface area contributed by atoms with Gasteiger partial charge in [-0.05, 0) is 211 Å². The smallest absolute Gasteiger partial charge is 0.406 e. The number of amides is 5. The summed E-state index contributed by atoms with van der Waals surface area (Å²) < 4.78 is 132. The van der Waals surface area contributed by atoms with Gasteiger partial charge in [0.25, 0.3) is 0 Å². The Kier molecular flexibility index (Phi) is 31.2. The van der Waals surface area contributed by atoms with Crippen molar-refractivity contribution in [1.82, 2.24) is 72.7 Å². The molecular formula is C95H107Cl2F9N20O7. The molecular weight excluding hydrogens is 1780 g/mol. The molecule has 706 valence electrons. The molecule has 133 heavy (non-hydrogen) atoms. The van der Waals surface area contributed by atoms with E-state index in [1.54, 1.807) is 64.1 Å². The maximum absolute atomic E-state index is 14.4. The average Bonchev–Trinajstić information content (AvgIpc) is 1.08. The number of aliphatic hydroxyl groups is 1. The number of rotatable bonds is 19. The van der Waals surface area contributed by atoms with Crippen LogP contribution in [-0.4, -0.2) is 119 Å². The van der Waals surface area contributed by atoms with Crippen LogP contribution in [0.1, 0.15) is 191 Å². The summed E-state index contributed by atoms with van der Waals surface area (Å²) in [6, 6.07) is 29.0. The van der Waals surface area contributed by atoms with Gasteiger partial charge in [-0.1, -0.05) is 119 Å². The van der Waals surface area contributed by atoms with Gasteiger partial charge in [-0.3, -0.25) is 73.4 Å². The van der Waals surface area contributed by atoms with Gasteiger partial charge in [0, 0.05) is 66.5 Å². The zero-order valence-corrected chi connectivity index (χ0v) is 79.3. The molecule has 4 aromatic carbocycles. The van der Waals surface area contributed by atoms with Gasteiger partial charge in [-0.25, -0.2) is 76.2 Å². The summed E-state index contributed by atoms with van der Waals surface area (Å²) in [7, 11) is 0. The summed E-state index contributed by atoms with van der Waals surface area (Å²) in [6.07, 6.45) is -1.73. The number of ether oxygens (including phenoxy) is 1. The summed E-state index contributed by atoms with van der Waals surface area (Å²) in [5.74, 6) is -5.21. The number of hydrogen-bond acceptors (Lipinski definition) is 17. The van der Waals surface area contributed by atoms with Crippen molar-refractivity contribution in [3.63, 3.8) is 0 Å². The summed E-state index contributed by atoms with van der Waals surface area (Å²) in [6.45, 7) is 42.2. The molecule has 38 heteroatoms. The SMILES string of the molecule is CCC(C)(CC)CC(=O)Nc1nc2ccc(C)nc2n1C(C)(C)C.Cc1cc2nc(NC(=O)CC(C)(C)C)n(-c3cc(F)cc(F)c3)c2nc1Cl.Cc1cc2nc(NC(=O)CC(C)(C)C)n(-c3ccc(F)c(F)c3)c2nc1Cl.Cc1ccc2nc(NC(=O)CC(C)(C)C)n(-c3cc(F)ccc3F)c2n1.Cc1ccc2nc(NC(=O)CC(C)(C)O)n(-c3ccc(OC(F)(F)F)cc3)c2n1. The monoisotopic (exact) mass is 1880 g/mol. The number of alkyl halides is 3. The van der Waals surface area contributed by atoms with Gasteiger partial charge < -0.3 is 9.84 Å². The zero-order chi connectivity index (χ0) is 98.4. The second kappa shape index (κ2) is 40.6. The fourth-order valence-electron chi connectivity index (χ4n) is 13.6. The van der Waals surface area contributed by atoms with Crippen molar-refractivity contribution in [2.24, 2.45) is 21.7 Å². The van der Waals surface area contributed by atoms with Gasteiger partial charge in [0.1, 0.15) is 66.9 Å². The number of nitrogens with one attached hydrogen (secondary N) is 5. The van der Waals surface area contributed by atoms with Crippen molar-refractivity contribution in [2.45, 2.75) is 215 Å². The zero-order valence-electron chi connectivity index (χ0n) is 77.8. The fourth-order valence-corrected chi connectivity index (χ4v) is 13.9. The van der Waals surface area contributed by atoms with Crippen molar-refractivity contribution < 1.29 is 73.3 Å². The lowest BCUT2D eigenvalue weighted by Gasteiger charge is -2.27. The molecule has 0 saturated heterocycles. The molecule has 0 spiro atoms. The Morgan fingerprint density at radius 2 is 0.722 bits per heavy atom. The van der Waals surface area contributed by atoms with E-state index in [-0.39, 0.29) is 133 Å². The standard InChI is InChI=1S/2C19H19ClF2N4O.C19H19F3N4O3.C19H20F2N4O.C19H30N4O/c1-10-5-14-17(25-16(10)20)26(13-7-11(21)6-12(22)8-13)18(23-14)24-15(27)9-19(2,3)4;1-10-7-14-17(25-16(10)20)26(11-5-6-12(21)13(22)8-11)18(23-14)24-15(27)9-19(2,3)4;1-11-4-9-14-16(23-11)26(17(24-14)25-15(27)10-18(2,3)28)12-5-7-13(8-6-12)29-19(20,21)22;1-11-5-8-14-17(22-11)25(15-9-12(20)6-7-13(15)21)18(23-14)24-16(26)10-19(2,3)4;1-8-19(7,9-2)12-15(24)22-17-21-14-11-10-13(3)20-16(14)23(17)18(4,5)6/h2*5-8H,9H2,1-4H3,(H,23,24,27);4-9,28H,10H2,1-3H3,(H,24,25,27);5-9H,10H2,1-4H3,(H,23,24,26);10-11H,8-9,12H2,1-7H3,(H,21,22,24). The first-order chi connectivity index (χ1) is 61.7. The number of imidazole rings is 5. The molecule has 27 nitrogen and oxygen atoms in total. The van der Waals surface area contributed by atoms with Crippen LogP contribution in [-0.2, 0) is 29.5 Å². The Labute approximate surface area is 772 Å². The minimum Gasteiger partial charge on any atom is -0.406 e. The van der Waals surface area contributed by atoms with Crippen LogP contribution < -0.4 is 31.3 Å². The molecule has 0 radical (unpaired) electrons. The molecule has 0 atom stereocenters. The van der Waals surface area contributed by atoms with E-state index < -0.39 is 52.8 Å². The number of carbonyl (C=O) groups is 5. The molecule has 0 aliphatic heterocycles. The lowest BCUT2D eigenvalue weighted by Crippen LogP contribution is -2.28. The predicted octanol–water partition coefficient (Wildman–Crippen LogP) is 22.8. The van der Waals surface area contributed by atoms with Gasteiger partial charge in [0.05, 0.1) is 34.8 Å². The molecule has 0 unspecified atom stereocenters. The maximum atomic E-state index is 14.4. The number of halogens is 11. The van der Waals surface area contributed by atoms with Crippen LogP contribution in [0.2, 0.25) is 10.3 Å². The number of aromatic nitrogens is 15. The van der Waals surface area contributed by atoms with Crippen molar-refractivity contribution in [2.75, 3.05) is 26.6 Å². The van der Waals surface area contributed by atoms with Gasteiger partial charge >= 0.3 is 6.36 Å². The number of pyridine rings is 5. The molecule has 10 aromatic heterocycles. The third-order valence-electron chi connectivity index (χ3n) is 20.1. The van der Waals surface area contributed by atoms with Crippen LogP contribution in [0.25, 0.3) is 78.6 Å². The average molecular weight is 1880 g/mol. The molecule has 0 saturated carbocycles.